The van der Waals surface area contributed by atoms with Gasteiger partial charge in [-0.05, 0) is 49.4 Å². The van der Waals surface area contributed by atoms with E-state index in [1.807, 2.05) is 30.3 Å². The van der Waals surface area contributed by atoms with Crippen molar-refractivity contribution in [1.82, 2.24) is 0 Å². The second kappa shape index (κ2) is 5.44. The lowest BCUT2D eigenvalue weighted by Crippen LogP contribution is -1.94. The van der Waals surface area contributed by atoms with E-state index in [4.69, 9.17) is 14.3 Å². The summed E-state index contributed by atoms with van der Waals surface area (Å²) < 4.78 is 10.7. The lowest BCUT2D eigenvalue weighted by molar-refractivity contribution is -0.132. The molecular weight excluding hydrogens is 244 g/mol. The number of aliphatic carboxylic acids is 1. The largest absolute Gasteiger partial charge is 0.497 e. The molecule has 19 heavy (non-hydrogen) atoms. The van der Waals surface area contributed by atoms with Crippen molar-refractivity contribution >= 4 is 12.0 Å². The number of benzene rings is 1. The van der Waals surface area contributed by atoms with Crippen LogP contribution >= 0.6 is 0 Å². The number of carbonyl (C=O) groups is 1. The predicted octanol–water partition coefficient (Wildman–Crippen LogP) is 3.44. The Bertz CT molecular complexity index is 605. The van der Waals surface area contributed by atoms with Gasteiger partial charge in [0.2, 0.25) is 0 Å². The van der Waals surface area contributed by atoms with Crippen molar-refractivity contribution in [1.29, 1.82) is 0 Å². The molecule has 0 saturated heterocycles. The van der Waals surface area contributed by atoms with Gasteiger partial charge in [-0.15, -0.1) is 0 Å². The molecule has 0 spiro atoms. The SMILES string of the molecule is COc1ccc(-c2ccc(/C=C(\C)C(=O)O)o2)cc1. The van der Waals surface area contributed by atoms with Gasteiger partial charge in [-0.25, -0.2) is 4.79 Å². The highest BCUT2D eigenvalue weighted by atomic mass is 16.5. The van der Waals surface area contributed by atoms with Gasteiger partial charge in [0.05, 0.1) is 7.11 Å². The van der Waals surface area contributed by atoms with Crippen LogP contribution in [0.25, 0.3) is 17.4 Å². The first-order valence-corrected chi connectivity index (χ1v) is 5.76. The minimum atomic E-state index is -0.956. The molecule has 1 N–H and O–H groups in total. The smallest absolute Gasteiger partial charge is 0.331 e. The molecule has 2 rings (SSSR count). The quantitative estimate of drug-likeness (QED) is 0.853. The molecule has 0 fully saturated rings. The molecule has 0 radical (unpaired) electrons. The van der Waals surface area contributed by atoms with Gasteiger partial charge in [0.25, 0.3) is 0 Å². The first-order valence-electron chi connectivity index (χ1n) is 5.76. The van der Waals surface area contributed by atoms with Crippen LogP contribution in [-0.4, -0.2) is 18.2 Å². The molecule has 0 aliphatic carbocycles. The molecule has 4 nitrogen and oxygen atoms in total. The Morgan fingerprint density at radius 1 is 1.21 bits per heavy atom. The Balaban J connectivity index is 2.25. The van der Waals surface area contributed by atoms with E-state index >= 15 is 0 Å². The van der Waals surface area contributed by atoms with Gasteiger partial charge >= 0.3 is 5.97 Å². The predicted molar refractivity (Wildman–Crippen MR) is 72.0 cm³/mol. The van der Waals surface area contributed by atoms with Crippen molar-refractivity contribution in [2.45, 2.75) is 6.92 Å². The van der Waals surface area contributed by atoms with Crippen molar-refractivity contribution in [3.63, 3.8) is 0 Å². The van der Waals surface area contributed by atoms with Gasteiger partial charge in [0.15, 0.2) is 0 Å². The summed E-state index contributed by atoms with van der Waals surface area (Å²) in [6.45, 7) is 1.53. The third-order valence-electron chi connectivity index (χ3n) is 2.70. The van der Waals surface area contributed by atoms with Crippen molar-refractivity contribution in [3.05, 3.63) is 47.7 Å². The van der Waals surface area contributed by atoms with Gasteiger partial charge in [0, 0.05) is 11.1 Å². The van der Waals surface area contributed by atoms with Crippen LogP contribution in [0.3, 0.4) is 0 Å². The molecule has 0 bridgehead atoms. The molecule has 0 amide bonds. The van der Waals surface area contributed by atoms with Gasteiger partial charge < -0.3 is 14.3 Å². The van der Waals surface area contributed by atoms with E-state index in [0.717, 1.165) is 11.3 Å². The minimum absolute atomic E-state index is 0.232. The Labute approximate surface area is 110 Å². The number of carboxylic acids is 1. The highest BCUT2D eigenvalue weighted by Crippen LogP contribution is 2.25. The molecule has 0 saturated carbocycles. The normalized spacial score (nSPS) is 11.4. The standard InChI is InChI=1S/C15H14O4/c1-10(15(16)17)9-13-7-8-14(19-13)11-3-5-12(18-2)6-4-11/h3-9H,1-2H3,(H,16,17)/b10-9+. The van der Waals surface area contributed by atoms with E-state index < -0.39 is 5.97 Å². The van der Waals surface area contributed by atoms with Crippen molar-refractivity contribution in [2.24, 2.45) is 0 Å². The Morgan fingerprint density at radius 3 is 2.47 bits per heavy atom. The lowest BCUT2D eigenvalue weighted by atomic mass is 10.2. The summed E-state index contributed by atoms with van der Waals surface area (Å²) in [5, 5.41) is 8.80. The van der Waals surface area contributed by atoms with E-state index in [0.29, 0.717) is 11.5 Å². The monoisotopic (exact) mass is 258 g/mol. The molecule has 1 aromatic heterocycles. The number of furan rings is 1. The Morgan fingerprint density at radius 2 is 1.89 bits per heavy atom. The van der Waals surface area contributed by atoms with Crippen LogP contribution in [0.4, 0.5) is 0 Å². The minimum Gasteiger partial charge on any atom is -0.497 e. The van der Waals surface area contributed by atoms with E-state index in [-0.39, 0.29) is 5.57 Å². The third kappa shape index (κ3) is 3.04. The number of rotatable bonds is 4. The van der Waals surface area contributed by atoms with Gasteiger partial charge in [-0.3, -0.25) is 0 Å². The van der Waals surface area contributed by atoms with Crippen LogP contribution in [0.5, 0.6) is 5.75 Å². The van der Waals surface area contributed by atoms with Gasteiger partial charge in [-0.2, -0.15) is 0 Å². The second-order valence-corrected chi connectivity index (χ2v) is 4.06. The van der Waals surface area contributed by atoms with Crippen LogP contribution in [0, 0.1) is 0 Å². The highest BCUT2D eigenvalue weighted by molar-refractivity contribution is 5.91. The van der Waals surface area contributed by atoms with E-state index in [9.17, 15) is 4.79 Å². The summed E-state index contributed by atoms with van der Waals surface area (Å²) in [5.74, 6) is 1.03. The molecule has 0 atom stereocenters. The summed E-state index contributed by atoms with van der Waals surface area (Å²) >= 11 is 0. The molecule has 0 aliphatic rings. The summed E-state index contributed by atoms with van der Waals surface area (Å²) in [5.41, 5.74) is 1.14. The molecular formula is C15H14O4. The van der Waals surface area contributed by atoms with E-state index in [1.165, 1.54) is 13.0 Å². The Kier molecular flexibility index (Phi) is 3.71. The maximum absolute atomic E-state index is 10.7. The molecule has 1 heterocycles. The summed E-state index contributed by atoms with van der Waals surface area (Å²) in [6, 6.07) is 11.0. The number of ether oxygens (including phenoxy) is 1. The molecule has 1 aromatic carbocycles. The van der Waals surface area contributed by atoms with Gasteiger partial charge in [-0.1, -0.05) is 0 Å². The van der Waals surface area contributed by atoms with Crippen molar-refractivity contribution in [2.75, 3.05) is 7.11 Å². The fourth-order valence-corrected chi connectivity index (χ4v) is 1.62. The summed E-state index contributed by atoms with van der Waals surface area (Å²) in [6.07, 6.45) is 1.50. The van der Waals surface area contributed by atoms with Gasteiger partial charge in [0.1, 0.15) is 17.3 Å². The topological polar surface area (TPSA) is 59.7 Å². The Hall–Kier alpha value is -2.49. The van der Waals surface area contributed by atoms with Crippen LogP contribution in [-0.2, 0) is 4.79 Å². The zero-order chi connectivity index (χ0) is 13.8. The third-order valence-corrected chi connectivity index (χ3v) is 2.70. The van der Waals surface area contributed by atoms with E-state index in [2.05, 4.69) is 0 Å². The number of hydrogen-bond acceptors (Lipinski definition) is 3. The van der Waals surface area contributed by atoms with Crippen LogP contribution in [0.15, 0.2) is 46.4 Å². The second-order valence-electron chi connectivity index (χ2n) is 4.06. The number of hydrogen-bond donors (Lipinski definition) is 1. The fraction of sp³-hybridized carbons (Fsp3) is 0.133. The molecule has 0 unspecified atom stereocenters. The maximum atomic E-state index is 10.7. The van der Waals surface area contributed by atoms with Crippen LogP contribution < -0.4 is 4.74 Å². The van der Waals surface area contributed by atoms with Crippen molar-refractivity contribution in [3.8, 4) is 17.1 Å². The number of methoxy groups -OCH3 is 1. The highest BCUT2D eigenvalue weighted by Gasteiger charge is 2.06. The maximum Gasteiger partial charge on any atom is 0.331 e. The summed E-state index contributed by atoms with van der Waals surface area (Å²) in [4.78, 5) is 10.7. The van der Waals surface area contributed by atoms with E-state index in [1.54, 1.807) is 13.2 Å². The first kappa shape index (κ1) is 13.0. The average Bonchev–Trinajstić information content (AvgIpc) is 2.87. The zero-order valence-electron chi connectivity index (χ0n) is 10.7. The van der Waals surface area contributed by atoms with Crippen LogP contribution in [0.2, 0.25) is 0 Å². The zero-order valence-corrected chi connectivity index (χ0v) is 10.7. The molecule has 0 aliphatic heterocycles. The average molecular weight is 258 g/mol. The summed E-state index contributed by atoms with van der Waals surface area (Å²) in [7, 11) is 1.61. The lowest BCUT2D eigenvalue weighted by Gasteiger charge is -2.00. The first-order chi connectivity index (χ1) is 9.10. The fourth-order valence-electron chi connectivity index (χ4n) is 1.62. The van der Waals surface area contributed by atoms with Crippen LogP contribution in [0.1, 0.15) is 12.7 Å². The number of carboxylic acid groups (broad SMARTS) is 1. The molecule has 2 aromatic rings. The molecule has 4 heteroatoms. The van der Waals surface area contributed by atoms with Crippen molar-refractivity contribution < 1.29 is 19.1 Å². The molecule has 98 valence electrons.